The topological polar surface area (TPSA) is 42.0 Å². The first-order valence-corrected chi connectivity index (χ1v) is 5.96. The van der Waals surface area contributed by atoms with Gasteiger partial charge < -0.3 is 5.32 Å². The third kappa shape index (κ3) is 2.94. The molecule has 0 aliphatic carbocycles. The molecular weight excluding hydrogens is 224 g/mol. The monoisotopic (exact) mass is 240 g/mol. The predicted octanol–water partition coefficient (Wildman–Crippen LogP) is 3.13. The molecule has 2 rings (SSSR count). The number of carbonyl (C=O) groups is 1. The largest absolute Gasteiger partial charge is 0.310 e. The number of anilines is 1. The van der Waals surface area contributed by atoms with Crippen LogP contribution in [-0.2, 0) is 4.79 Å². The van der Waals surface area contributed by atoms with Crippen molar-refractivity contribution in [2.75, 3.05) is 5.32 Å². The molecule has 3 heteroatoms. The number of amides is 1. The molecule has 0 radical (unpaired) electrons. The Balaban J connectivity index is 2.09. The predicted molar refractivity (Wildman–Crippen MR) is 72.5 cm³/mol. The lowest BCUT2D eigenvalue weighted by atomic mass is 10.0. The zero-order valence-electron chi connectivity index (χ0n) is 10.6. The lowest BCUT2D eigenvalue weighted by molar-refractivity contribution is -0.117. The van der Waals surface area contributed by atoms with Crippen LogP contribution in [0.1, 0.15) is 24.1 Å². The molecule has 0 unspecified atom stereocenters. The normalized spacial score (nSPS) is 11.9. The van der Waals surface area contributed by atoms with Crippen LogP contribution in [-0.4, -0.2) is 10.9 Å². The number of hydrogen-bond donors (Lipinski definition) is 1. The summed E-state index contributed by atoms with van der Waals surface area (Å²) in [6, 6.07) is 15.3. The fraction of sp³-hybridized carbons (Fsp3) is 0.200. The van der Waals surface area contributed by atoms with Gasteiger partial charge in [0, 0.05) is 5.69 Å². The number of benzene rings is 1. The first kappa shape index (κ1) is 12.3. The number of pyridine rings is 1. The number of nitrogens with one attached hydrogen (secondary N) is 1. The zero-order valence-corrected chi connectivity index (χ0v) is 10.6. The Kier molecular flexibility index (Phi) is 3.72. The van der Waals surface area contributed by atoms with Crippen LogP contribution in [0.4, 0.5) is 5.82 Å². The van der Waals surface area contributed by atoms with Crippen molar-refractivity contribution in [3.05, 3.63) is 59.8 Å². The van der Waals surface area contributed by atoms with Crippen molar-refractivity contribution in [3.8, 4) is 0 Å². The molecular formula is C15H16N2O. The standard InChI is InChI=1S/C15H16N2O/c1-11-7-6-10-14(16-11)17-15(18)12(2)13-8-4-3-5-9-13/h3-10,12H,1-2H3,(H,16,17,18)/t12-/m0/s1. The van der Waals surface area contributed by atoms with E-state index in [1.807, 2.05) is 56.3 Å². The first-order valence-electron chi connectivity index (χ1n) is 5.96. The summed E-state index contributed by atoms with van der Waals surface area (Å²) < 4.78 is 0. The van der Waals surface area contributed by atoms with E-state index in [2.05, 4.69) is 10.3 Å². The van der Waals surface area contributed by atoms with E-state index < -0.39 is 0 Å². The van der Waals surface area contributed by atoms with E-state index in [1.54, 1.807) is 6.07 Å². The van der Waals surface area contributed by atoms with E-state index in [0.29, 0.717) is 5.82 Å². The Bertz CT molecular complexity index is 537. The van der Waals surface area contributed by atoms with Crippen LogP contribution in [0.15, 0.2) is 48.5 Å². The second-order valence-electron chi connectivity index (χ2n) is 4.29. The molecule has 1 heterocycles. The highest BCUT2D eigenvalue weighted by Crippen LogP contribution is 2.16. The van der Waals surface area contributed by atoms with Crippen LogP contribution in [0.2, 0.25) is 0 Å². The molecule has 3 nitrogen and oxygen atoms in total. The number of nitrogens with zero attached hydrogens (tertiary/aromatic N) is 1. The van der Waals surface area contributed by atoms with E-state index in [9.17, 15) is 4.79 Å². The van der Waals surface area contributed by atoms with Gasteiger partial charge in [-0.05, 0) is 31.5 Å². The number of rotatable bonds is 3. The van der Waals surface area contributed by atoms with Gasteiger partial charge in [-0.15, -0.1) is 0 Å². The fourth-order valence-corrected chi connectivity index (χ4v) is 1.74. The van der Waals surface area contributed by atoms with Crippen molar-refractivity contribution >= 4 is 11.7 Å². The van der Waals surface area contributed by atoms with Crippen molar-refractivity contribution in [3.63, 3.8) is 0 Å². The zero-order chi connectivity index (χ0) is 13.0. The van der Waals surface area contributed by atoms with Gasteiger partial charge in [0.25, 0.3) is 0 Å². The minimum atomic E-state index is -0.187. The number of hydrogen-bond acceptors (Lipinski definition) is 2. The Labute approximate surface area is 107 Å². The summed E-state index contributed by atoms with van der Waals surface area (Å²) in [4.78, 5) is 16.3. The smallest absolute Gasteiger partial charge is 0.232 e. The minimum absolute atomic E-state index is 0.0423. The molecule has 1 atom stereocenters. The second kappa shape index (κ2) is 5.45. The summed E-state index contributed by atoms with van der Waals surface area (Å²) in [5.74, 6) is 0.371. The highest BCUT2D eigenvalue weighted by atomic mass is 16.1. The van der Waals surface area contributed by atoms with Crippen molar-refractivity contribution < 1.29 is 4.79 Å². The lowest BCUT2D eigenvalue weighted by Crippen LogP contribution is -2.19. The van der Waals surface area contributed by atoms with Gasteiger partial charge in [-0.3, -0.25) is 4.79 Å². The fourth-order valence-electron chi connectivity index (χ4n) is 1.74. The van der Waals surface area contributed by atoms with Gasteiger partial charge in [0.05, 0.1) is 5.92 Å². The van der Waals surface area contributed by atoms with Crippen molar-refractivity contribution in [2.24, 2.45) is 0 Å². The first-order chi connectivity index (χ1) is 8.66. The summed E-state index contributed by atoms with van der Waals surface area (Å²) in [6.07, 6.45) is 0. The van der Waals surface area contributed by atoms with E-state index in [0.717, 1.165) is 11.3 Å². The molecule has 0 bridgehead atoms. The summed E-state index contributed by atoms with van der Waals surface area (Å²) in [6.45, 7) is 3.79. The van der Waals surface area contributed by atoms with Crippen molar-refractivity contribution in [1.29, 1.82) is 0 Å². The third-order valence-electron chi connectivity index (χ3n) is 2.83. The Morgan fingerprint density at radius 1 is 1.11 bits per heavy atom. The molecule has 0 saturated carbocycles. The van der Waals surface area contributed by atoms with Gasteiger partial charge in [0.15, 0.2) is 0 Å². The van der Waals surface area contributed by atoms with E-state index in [1.165, 1.54) is 0 Å². The molecule has 18 heavy (non-hydrogen) atoms. The molecule has 1 N–H and O–H groups in total. The van der Waals surface area contributed by atoms with Gasteiger partial charge in [0.1, 0.15) is 5.82 Å². The summed E-state index contributed by atoms with van der Waals surface area (Å²) in [7, 11) is 0. The lowest BCUT2D eigenvalue weighted by Gasteiger charge is -2.12. The molecule has 1 aromatic carbocycles. The molecule has 1 amide bonds. The van der Waals surface area contributed by atoms with Crippen molar-refractivity contribution in [2.45, 2.75) is 19.8 Å². The SMILES string of the molecule is Cc1cccc(NC(=O)[C@@H](C)c2ccccc2)n1. The maximum absolute atomic E-state index is 12.1. The van der Waals surface area contributed by atoms with Crippen LogP contribution in [0.25, 0.3) is 0 Å². The molecule has 92 valence electrons. The van der Waals surface area contributed by atoms with Crippen LogP contribution >= 0.6 is 0 Å². The van der Waals surface area contributed by atoms with Gasteiger partial charge in [0.2, 0.25) is 5.91 Å². The number of carbonyl (C=O) groups excluding carboxylic acids is 1. The summed E-state index contributed by atoms with van der Waals surface area (Å²) in [5, 5.41) is 2.83. The van der Waals surface area contributed by atoms with E-state index >= 15 is 0 Å². The van der Waals surface area contributed by atoms with Crippen LogP contribution in [0, 0.1) is 6.92 Å². The van der Waals surface area contributed by atoms with Gasteiger partial charge in [-0.1, -0.05) is 36.4 Å². The Hall–Kier alpha value is -2.16. The maximum Gasteiger partial charge on any atom is 0.232 e. The van der Waals surface area contributed by atoms with E-state index in [-0.39, 0.29) is 11.8 Å². The highest BCUT2D eigenvalue weighted by Gasteiger charge is 2.15. The van der Waals surface area contributed by atoms with Gasteiger partial charge in [-0.25, -0.2) is 4.98 Å². The van der Waals surface area contributed by atoms with E-state index in [4.69, 9.17) is 0 Å². The number of aromatic nitrogens is 1. The molecule has 1 aromatic heterocycles. The van der Waals surface area contributed by atoms with Gasteiger partial charge in [-0.2, -0.15) is 0 Å². The van der Waals surface area contributed by atoms with Gasteiger partial charge >= 0.3 is 0 Å². The molecule has 2 aromatic rings. The highest BCUT2D eigenvalue weighted by molar-refractivity contribution is 5.94. The Morgan fingerprint density at radius 2 is 1.83 bits per heavy atom. The molecule has 0 aliphatic heterocycles. The quantitative estimate of drug-likeness (QED) is 0.895. The minimum Gasteiger partial charge on any atom is -0.310 e. The average molecular weight is 240 g/mol. The van der Waals surface area contributed by atoms with Crippen molar-refractivity contribution in [1.82, 2.24) is 4.98 Å². The summed E-state index contributed by atoms with van der Waals surface area (Å²) >= 11 is 0. The second-order valence-corrected chi connectivity index (χ2v) is 4.29. The number of aryl methyl sites for hydroxylation is 1. The van der Waals surface area contributed by atoms with Crippen LogP contribution in [0.5, 0.6) is 0 Å². The summed E-state index contributed by atoms with van der Waals surface area (Å²) in [5.41, 5.74) is 1.89. The molecule has 0 spiro atoms. The third-order valence-corrected chi connectivity index (χ3v) is 2.83. The molecule has 0 aliphatic rings. The van der Waals surface area contributed by atoms with Crippen LogP contribution < -0.4 is 5.32 Å². The molecule has 0 fully saturated rings. The Morgan fingerprint density at radius 3 is 2.50 bits per heavy atom. The van der Waals surface area contributed by atoms with Crippen LogP contribution in [0.3, 0.4) is 0 Å². The molecule has 0 saturated heterocycles. The average Bonchev–Trinajstić information content (AvgIpc) is 2.39. The maximum atomic E-state index is 12.1.